The van der Waals surface area contributed by atoms with Gasteiger partial charge in [-0.05, 0) is 6.92 Å². The maximum absolute atomic E-state index is 11.3. The van der Waals surface area contributed by atoms with Gasteiger partial charge >= 0.3 is 0 Å². The highest BCUT2D eigenvalue weighted by Gasteiger charge is 2.13. The van der Waals surface area contributed by atoms with E-state index in [0.29, 0.717) is 17.3 Å². The molecule has 0 aromatic carbocycles. The molecule has 0 bridgehead atoms. The number of carbonyl (C=O) groups excluding carboxylic acids is 1. The van der Waals surface area contributed by atoms with Crippen LogP contribution >= 0.6 is 11.8 Å². The molecule has 1 atom stereocenters. The Balaban J connectivity index is 3.67. The number of thioether (sulfide) groups is 1. The summed E-state index contributed by atoms with van der Waals surface area (Å²) in [5, 5.41) is 3.22. The van der Waals surface area contributed by atoms with Crippen molar-refractivity contribution in [3.8, 4) is 0 Å². The van der Waals surface area contributed by atoms with Gasteiger partial charge in [-0.15, -0.1) is 0 Å². The third-order valence-electron chi connectivity index (χ3n) is 1.87. The second kappa shape index (κ2) is 6.38. The van der Waals surface area contributed by atoms with Crippen LogP contribution in [-0.2, 0) is 4.79 Å². The molecule has 0 aliphatic rings. The topological polar surface area (TPSA) is 32.3 Å². The predicted molar refractivity (Wildman–Crippen MR) is 68.4 cm³/mol. The summed E-state index contributed by atoms with van der Waals surface area (Å²) in [4.78, 5) is 12.9. The van der Waals surface area contributed by atoms with Crippen LogP contribution in [0.4, 0.5) is 0 Å². The molecule has 15 heavy (non-hydrogen) atoms. The van der Waals surface area contributed by atoms with Crippen molar-refractivity contribution in [3.63, 3.8) is 0 Å². The van der Waals surface area contributed by atoms with Gasteiger partial charge in [0.2, 0.25) is 5.91 Å². The summed E-state index contributed by atoms with van der Waals surface area (Å²) < 4.78 is 0.293. The van der Waals surface area contributed by atoms with E-state index >= 15 is 0 Å². The first-order valence-electron chi connectivity index (χ1n) is 5.30. The van der Waals surface area contributed by atoms with Crippen molar-refractivity contribution in [1.29, 1.82) is 0 Å². The van der Waals surface area contributed by atoms with Crippen molar-refractivity contribution < 1.29 is 4.79 Å². The maximum atomic E-state index is 11.3. The summed E-state index contributed by atoms with van der Waals surface area (Å²) in [7, 11) is 3.55. The van der Waals surface area contributed by atoms with Gasteiger partial charge in [-0.3, -0.25) is 4.79 Å². The monoisotopic (exact) mass is 232 g/mol. The van der Waals surface area contributed by atoms with E-state index in [0.717, 1.165) is 5.75 Å². The van der Waals surface area contributed by atoms with Gasteiger partial charge in [-0.25, -0.2) is 0 Å². The van der Waals surface area contributed by atoms with E-state index in [1.54, 1.807) is 19.0 Å². The first kappa shape index (κ1) is 14.8. The second-order valence-corrected chi connectivity index (χ2v) is 6.84. The zero-order valence-corrected chi connectivity index (χ0v) is 11.6. The molecule has 4 heteroatoms. The van der Waals surface area contributed by atoms with Crippen molar-refractivity contribution in [3.05, 3.63) is 0 Å². The molecular formula is C11H24N2OS. The molecule has 1 amide bonds. The molecule has 0 saturated carbocycles. The Kier molecular flexibility index (Phi) is 6.29. The lowest BCUT2D eigenvalue weighted by atomic mass is 10.3. The largest absolute Gasteiger partial charge is 0.348 e. The van der Waals surface area contributed by atoms with Crippen LogP contribution in [0.1, 0.15) is 27.7 Å². The normalized spacial score (nSPS) is 13.7. The molecule has 0 saturated heterocycles. The third-order valence-corrected chi connectivity index (χ3v) is 3.40. The van der Waals surface area contributed by atoms with E-state index in [-0.39, 0.29) is 5.91 Å². The van der Waals surface area contributed by atoms with Gasteiger partial charge in [0.1, 0.15) is 0 Å². The molecule has 0 radical (unpaired) electrons. The highest BCUT2D eigenvalue weighted by Crippen LogP contribution is 2.23. The van der Waals surface area contributed by atoms with Gasteiger partial charge in [0.15, 0.2) is 0 Å². The minimum atomic E-state index is 0.127. The van der Waals surface area contributed by atoms with E-state index in [1.807, 2.05) is 11.8 Å². The number of amides is 1. The second-order valence-electron chi connectivity index (χ2n) is 4.99. The molecule has 0 aromatic heterocycles. The van der Waals surface area contributed by atoms with Crippen LogP contribution in [-0.4, -0.2) is 48.0 Å². The van der Waals surface area contributed by atoms with Gasteiger partial charge in [-0.2, -0.15) is 11.8 Å². The highest BCUT2D eigenvalue weighted by atomic mass is 32.2. The number of likely N-dealkylation sites (N-methyl/N-ethyl adjacent to an activating group) is 1. The number of nitrogens with zero attached hydrogens (tertiary/aromatic N) is 1. The number of hydrogen-bond acceptors (Lipinski definition) is 3. The van der Waals surface area contributed by atoms with Crippen LogP contribution < -0.4 is 5.32 Å². The first-order valence-corrected chi connectivity index (χ1v) is 6.28. The lowest BCUT2D eigenvalue weighted by molar-refractivity contribution is -0.127. The van der Waals surface area contributed by atoms with Gasteiger partial charge in [0, 0.05) is 30.6 Å². The fourth-order valence-corrected chi connectivity index (χ4v) is 1.72. The summed E-state index contributed by atoms with van der Waals surface area (Å²) in [6.07, 6.45) is 0. The van der Waals surface area contributed by atoms with Gasteiger partial charge < -0.3 is 10.2 Å². The lowest BCUT2D eigenvalue weighted by Gasteiger charge is -2.21. The first-order chi connectivity index (χ1) is 6.72. The van der Waals surface area contributed by atoms with Crippen molar-refractivity contribution in [2.75, 3.05) is 26.4 Å². The Morgan fingerprint density at radius 2 is 1.93 bits per heavy atom. The zero-order chi connectivity index (χ0) is 12.1. The van der Waals surface area contributed by atoms with Crippen LogP contribution in [0.5, 0.6) is 0 Å². The quantitative estimate of drug-likeness (QED) is 0.781. The Bertz CT molecular complexity index is 199. The molecular weight excluding hydrogens is 208 g/mol. The van der Waals surface area contributed by atoms with E-state index in [4.69, 9.17) is 0 Å². The highest BCUT2D eigenvalue weighted by molar-refractivity contribution is 8.00. The third kappa shape index (κ3) is 8.75. The Morgan fingerprint density at radius 1 is 1.40 bits per heavy atom. The van der Waals surface area contributed by atoms with Crippen molar-refractivity contribution in [1.82, 2.24) is 10.2 Å². The maximum Gasteiger partial charge on any atom is 0.236 e. The Morgan fingerprint density at radius 3 is 2.33 bits per heavy atom. The number of nitrogens with one attached hydrogen (secondary N) is 1. The van der Waals surface area contributed by atoms with Crippen LogP contribution in [0.25, 0.3) is 0 Å². The summed E-state index contributed by atoms with van der Waals surface area (Å²) in [6, 6.07) is 0.373. The van der Waals surface area contributed by atoms with Crippen LogP contribution in [0, 0.1) is 0 Å². The summed E-state index contributed by atoms with van der Waals surface area (Å²) in [5.74, 6) is 1.16. The number of carbonyl (C=O) groups is 1. The Labute approximate surface area is 98.0 Å². The average molecular weight is 232 g/mol. The van der Waals surface area contributed by atoms with Crippen molar-refractivity contribution >= 4 is 17.7 Å². The predicted octanol–water partition coefficient (Wildman–Crippen LogP) is 1.58. The van der Waals surface area contributed by atoms with Crippen LogP contribution in [0.2, 0.25) is 0 Å². The van der Waals surface area contributed by atoms with E-state index in [9.17, 15) is 4.79 Å². The van der Waals surface area contributed by atoms with Gasteiger partial charge in [0.05, 0.1) is 6.54 Å². The smallest absolute Gasteiger partial charge is 0.236 e. The molecule has 90 valence electrons. The molecule has 0 spiro atoms. The molecule has 0 aliphatic carbocycles. The van der Waals surface area contributed by atoms with Crippen molar-refractivity contribution in [2.24, 2.45) is 0 Å². The molecule has 0 rings (SSSR count). The Hall–Kier alpha value is -0.220. The SMILES string of the molecule is CC(CSC(C)(C)C)NCC(=O)N(C)C. The summed E-state index contributed by atoms with van der Waals surface area (Å²) in [6.45, 7) is 9.15. The average Bonchev–Trinajstić information content (AvgIpc) is 2.09. The van der Waals surface area contributed by atoms with Gasteiger partial charge in [-0.1, -0.05) is 20.8 Å². The molecule has 0 heterocycles. The fraction of sp³-hybridized carbons (Fsp3) is 0.909. The van der Waals surface area contributed by atoms with Crippen LogP contribution in [0.3, 0.4) is 0 Å². The lowest BCUT2D eigenvalue weighted by Crippen LogP contribution is -2.38. The molecule has 0 aromatic rings. The summed E-state index contributed by atoms with van der Waals surface area (Å²) >= 11 is 1.91. The van der Waals surface area contributed by atoms with E-state index in [1.165, 1.54) is 0 Å². The zero-order valence-electron chi connectivity index (χ0n) is 10.8. The van der Waals surface area contributed by atoms with E-state index in [2.05, 4.69) is 33.0 Å². The molecule has 1 unspecified atom stereocenters. The number of hydrogen-bond donors (Lipinski definition) is 1. The summed E-state index contributed by atoms with van der Waals surface area (Å²) in [5.41, 5.74) is 0. The van der Waals surface area contributed by atoms with E-state index < -0.39 is 0 Å². The molecule has 3 nitrogen and oxygen atoms in total. The standard InChI is InChI=1S/C11H24N2OS/c1-9(8-15-11(2,3)4)12-7-10(14)13(5)6/h9,12H,7-8H2,1-6H3. The van der Waals surface area contributed by atoms with Crippen molar-refractivity contribution in [2.45, 2.75) is 38.5 Å². The minimum absolute atomic E-state index is 0.127. The van der Waals surface area contributed by atoms with Gasteiger partial charge in [0.25, 0.3) is 0 Å². The molecule has 0 aliphatic heterocycles. The molecule has 1 N–H and O–H groups in total. The molecule has 0 fully saturated rings. The van der Waals surface area contributed by atoms with Crippen LogP contribution in [0.15, 0.2) is 0 Å². The number of rotatable bonds is 5. The minimum Gasteiger partial charge on any atom is -0.348 e. The fourth-order valence-electron chi connectivity index (χ4n) is 0.854.